The summed E-state index contributed by atoms with van der Waals surface area (Å²) in [6, 6.07) is 10.3. The maximum Gasteiger partial charge on any atom is 0.222 e. The van der Waals surface area contributed by atoms with Gasteiger partial charge in [-0.1, -0.05) is 18.2 Å². The summed E-state index contributed by atoms with van der Waals surface area (Å²) < 4.78 is 5.75. The summed E-state index contributed by atoms with van der Waals surface area (Å²) in [5.74, 6) is 1.69. The molecule has 2 heteroatoms. The van der Waals surface area contributed by atoms with E-state index in [1.807, 2.05) is 6.07 Å². The standard InChI is InChI=1S/C13H11NO/c1-9-4-5-10-8-11-3-2-6-14-13(11)15-12(10)7-9/h2-7H,8H2,1H3. The van der Waals surface area contributed by atoms with Crippen molar-refractivity contribution < 1.29 is 4.74 Å². The predicted molar refractivity (Wildman–Crippen MR) is 58.3 cm³/mol. The van der Waals surface area contributed by atoms with Gasteiger partial charge in [0.05, 0.1) is 0 Å². The molecule has 0 unspecified atom stereocenters. The van der Waals surface area contributed by atoms with Crippen LogP contribution in [-0.4, -0.2) is 4.98 Å². The second-order valence-corrected chi connectivity index (χ2v) is 3.86. The molecule has 0 amide bonds. The van der Waals surface area contributed by atoms with Crippen LogP contribution >= 0.6 is 0 Å². The number of fused-ring (bicyclic) bond motifs is 2. The number of hydrogen-bond acceptors (Lipinski definition) is 2. The number of benzene rings is 1. The Hall–Kier alpha value is -1.83. The van der Waals surface area contributed by atoms with Crippen LogP contribution in [0.2, 0.25) is 0 Å². The second kappa shape index (κ2) is 3.09. The second-order valence-electron chi connectivity index (χ2n) is 3.86. The van der Waals surface area contributed by atoms with E-state index in [2.05, 4.69) is 36.2 Å². The van der Waals surface area contributed by atoms with Crippen molar-refractivity contribution in [1.82, 2.24) is 4.98 Å². The van der Waals surface area contributed by atoms with Crippen LogP contribution in [0.4, 0.5) is 0 Å². The largest absolute Gasteiger partial charge is 0.438 e. The fourth-order valence-electron chi connectivity index (χ4n) is 1.86. The number of rotatable bonds is 0. The van der Waals surface area contributed by atoms with Gasteiger partial charge < -0.3 is 4.74 Å². The third kappa shape index (κ3) is 1.38. The third-order valence-electron chi connectivity index (χ3n) is 2.66. The van der Waals surface area contributed by atoms with Crippen LogP contribution in [0.5, 0.6) is 11.6 Å². The first kappa shape index (κ1) is 8.48. The van der Waals surface area contributed by atoms with Gasteiger partial charge in [-0.15, -0.1) is 0 Å². The molecule has 15 heavy (non-hydrogen) atoms. The first-order valence-corrected chi connectivity index (χ1v) is 5.04. The van der Waals surface area contributed by atoms with Gasteiger partial charge in [-0.05, 0) is 30.2 Å². The molecule has 2 heterocycles. The average Bonchev–Trinajstić information content (AvgIpc) is 2.26. The van der Waals surface area contributed by atoms with Crippen molar-refractivity contribution in [1.29, 1.82) is 0 Å². The number of aryl methyl sites for hydroxylation is 1. The van der Waals surface area contributed by atoms with Crippen molar-refractivity contribution in [3.8, 4) is 11.6 Å². The molecule has 0 fully saturated rings. The lowest BCUT2D eigenvalue weighted by Crippen LogP contribution is -2.04. The number of pyridine rings is 1. The molecule has 0 atom stereocenters. The quantitative estimate of drug-likeness (QED) is 0.552. The highest BCUT2D eigenvalue weighted by atomic mass is 16.5. The molecule has 0 saturated carbocycles. The summed E-state index contributed by atoms with van der Waals surface area (Å²) in [7, 11) is 0. The Kier molecular flexibility index (Phi) is 1.75. The Bertz CT molecular complexity index is 520. The van der Waals surface area contributed by atoms with Gasteiger partial charge in [-0.25, -0.2) is 4.98 Å². The number of ether oxygens (including phenoxy) is 1. The first-order chi connectivity index (χ1) is 7.33. The number of hydrogen-bond donors (Lipinski definition) is 0. The molecule has 1 aliphatic rings. The molecule has 0 bridgehead atoms. The van der Waals surface area contributed by atoms with Crippen molar-refractivity contribution in [3.05, 3.63) is 53.2 Å². The Balaban J connectivity index is 2.11. The van der Waals surface area contributed by atoms with Crippen LogP contribution in [0.15, 0.2) is 36.5 Å². The molecule has 1 aromatic carbocycles. The topological polar surface area (TPSA) is 22.1 Å². The van der Waals surface area contributed by atoms with E-state index in [1.165, 1.54) is 11.1 Å². The lowest BCUT2D eigenvalue weighted by Gasteiger charge is -2.18. The average molecular weight is 197 g/mol. The Morgan fingerprint density at radius 1 is 1.20 bits per heavy atom. The van der Waals surface area contributed by atoms with E-state index in [-0.39, 0.29) is 0 Å². The molecule has 0 radical (unpaired) electrons. The zero-order valence-corrected chi connectivity index (χ0v) is 8.53. The minimum atomic E-state index is 0.746. The highest BCUT2D eigenvalue weighted by molar-refractivity contribution is 5.48. The summed E-state index contributed by atoms with van der Waals surface area (Å²) in [5, 5.41) is 0. The fraction of sp³-hybridized carbons (Fsp3) is 0.154. The Morgan fingerprint density at radius 2 is 2.13 bits per heavy atom. The maximum atomic E-state index is 5.75. The molecule has 2 aromatic rings. The minimum absolute atomic E-state index is 0.746. The van der Waals surface area contributed by atoms with Gasteiger partial charge in [-0.2, -0.15) is 0 Å². The maximum absolute atomic E-state index is 5.75. The summed E-state index contributed by atoms with van der Waals surface area (Å²) >= 11 is 0. The van der Waals surface area contributed by atoms with E-state index in [0.29, 0.717) is 0 Å². The van der Waals surface area contributed by atoms with E-state index < -0.39 is 0 Å². The van der Waals surface area contributed by atoms with E-state index in [4.69, 9.17) is 4.74 Å². The van der Waals surface area contributed by atoms with Crippen molar-refractivity contribution in [2.24, 2.45) is 0 Å². The zero-order chi connectivity index (χ0) is 10.3. The monoisotopic (exact) mass is 197 g/mol. The SMILES string of the molecule is Cc1ccc2c(c1)Oc1ncccc1C2. The van der Waals surface area contributed by atoms with Gasteiger partial charge in [0, 0.05) is 18.2 Å². The van der Waals surface area contributed by atoms with Gasteiger partial charge >= 0.3 is 0 Å². The van der Waals surface area contributed by atoms with Gasteiger partial charge in [0.2, 0.25) is 5.88 Å². The summed E-state index contributed by atoms with van der Waals surface area (Å²) in [4.78, 5) is 4.23. The Morgan fingerprint density at radius 3 is 3.07 bits per heavy atom. The normalized spacial score (nSPS) is 12.6. The van der Waals surface area contributed by atoms with Crippen molar-refractivity contribution in [2.75, 3.05) is 0 Å². The van der Waals surface area contributed by atoms with Crippen LogP contribution in [0.3, 0.4) is 0 Å². The van der Waals surface area contributed by atoms with Crippen LogP contribution in [-0.2, 0) is 6.42 Å². The van der Waals surface area contributed by atoms with Crippen LogP contribution in [0.1, 0.15) is 16.7 Å². The summed E-state index contributed by atoms with van der Waals surface area (Å²) in [6.45, 7) is 2.07. The van der Waals surface area contributed by atoms with E-state index in [0.717, 1.165) is 23.6 Å². The first-order valence-electron chi connectivity index (χ1n) is 5.04. The van der Waals surface area contributed by atoms with Gasteiger partial charge in [0.1, 0.15) is 5.75 Å². The molecule has 1 aliphatic heterocycles. The lowest BCUT2D eigenvalue weighted by atomic mass is 10.0. The highest BCUT2D eigenvalue weighted by Gasteiger charge is 2.16. The molecule has 3 rings (SSSR count). The van der Waals surface area contributed by atoms with Crippen LogP contribution in [0.25, 0.3) is 0 Å². The van der Waals surface area contributed by atoms with Crippen molar-refractivity contribution in [2.45, 2.75) is 13.3 Å². The van der Waals surface area contributed by atoms with E-state index >= 15 is 0 Å². The van der Waals surface area contributed by atoms with Crippen LogP contribution in [0, 0.1) is 6.92 Å². The number of aromatic nitrogens is 1. The molecule has 0 N–H and O–H groups in total. The molecular formula is C13H11NO. The van der Waals surface area contributed by atoms with Gasteiger partial charge in [0.15, 0.2) is 0 Å². The lowest BCUT2D eigenvalue weighted by molar-refractivity contribution is 0.440. The van der Waals surface area contributed by atoms with Gasteiger partial charge in [-0.3, -0.25) is 0 Å². The van der Waals surface area contributed by atoms with E-state index in [9.17, 15) is 0 Å². The third-order valence-corrected chi connectivity index (χ3v) is 2.66. The summed E-state index contributed by atoms with van der Waals surface area (Å²) in [5.41, 5.74) is 3.61. The summed E-state index contributed by atoms with van der Waals surface area (Å²) in [6.07, 6.45) is 2.68. The number of nitrogens with zero attached hydrogens (tertiary/aromatic N) is 1. The molecular weight excluding hydrogens is 186 g/mol. The van der Waals surface area contributed by atoms with E-state index in [1.54, 1.807) is 6.20 Å². The molecule has 74 valence electrons. The highest BCUT2D eigenvalue weighted by Crippen LogP contribution is 2.34. The predicted octanol–water partition coefficient (Wildman–Crippen LogP) is 3.09. The fourth-order valence-corrected chi connectivity index (χ4v) is 1.86. The zero-order valence-electron chi connectivity index (χ0n) is 8.53. The van der Waals surface area contributed by atoms with Crippen LogP contribution < -0.4 is 4.74 Å². The molecule has 0 aliphatic carbocycles. The van der Waals surface area contributed by atoms with Gasteiger partial charge in [0.25, 0.3) is 0 Å². The minimum Gasteiger partial charge on any atom is -0.438 e. The Labute approximate surface area is 88.5 Å². The molecule has 2 nitrogen and oxygen atoms in total. The molecule has 0 saturated heterocycles. The molecule has 1 aromatic heterocycles. The van der Waals surface area contributed by atoms with Crippen molar-refractivity contribution in [3.63, 3.8) is 0 Å². The smallest absolute Gasteiger partial charge is 0.222 e. The van der Waals surface area contributed by atoms with Crippen molar-refractivity contribution >= 4 is 0 Å². The molecule has 0 spiro atoms.